The minimum Gasteiger partial charge on any atom is -0.370 e. The lowest BCUT2D eigenvalue weighted by atomic mass is 10.3. The molecule has 0 unspecified atom stereocenters. The molecule has 0 fully saturated rings. The van der Waals surface area contributed by atoms with Gasteiger partial charge in [0.05, 0.1) is 16.8 Å². The van der Waals surface area contributed by atoms with E-state index < -0.39 is 5.91 Å². The summed E-state index contributed by atoms with van der Waals surface area (Å²) < 4.78 is 6.18. The molecular formula is C11H13N3O2S. The van der Waals surface area contributed by atoms with Crippen molar-refractivity contribution >= 4 is 32.6 Å². The number of hydrogen-bond donors (Lipinski definition) is 2. The van der Waals surface area contributed by atoms with Crippen LogP contribution < -0.4 is 11.1 Å². The number of hydrogen-bond acceptors (Lipinski definition) is 5. The first-order chi connectivity index (χ1) is 8.25. The minimum absolute atomic E-state index is 0.0402. The van der Waals surface area contributed by atoms with Gasteiger partial charge in [-0.15, -0.1) is 0 Å². The lowest BCUT2D eigenvalue weighted by Crippen LogP contribution is -2.20. The monoisotopic (exact) mass is 251 g/mol. The molecule has 90 valence electrons. The van der Waals surface area contributed by atoms with Crippen LogP contribution in [0.15, 0.2) is 24.3 Å². The van der Waals surface area contributed by atoms with Gasteiger partial charge in [0.15, 0.2) is 5.13 Å². The molecule has 1 aromatic heterocycles. The third kappa shape index (κ3) is 3.40. The first-order valence-corrected chi connectivity index (χ1v) is 6.03. The molecule has 0 spiro atoms. The fourth-order valence-corrected chi connectivity index (χ4v) is 2.24. The van der Waals surface area contributed by atoms with E-state index >= 15 is 0 Å². The highest BCUT2D eigenvalue weighted by molar-refractivity contribution is 7.22. The number of para-hydroxylation sites is 1. The molecule has 3 N–H and O–H groups in total. The Balaban J connectivity index is 1.81. The number of primary amides is 1. The Hall–Kier alpha value is -1.66. The van der Waals surface area contributed by atoms with Gasteiger partial charge in [0.2, 0.25) is 5.91 Å². The second-order valence-electron chi connectivity index (χ2n) is 3.43. The van der Waals surface area contributed by atoms with Gasteiger partial charge in [0.1, 0.15) is 6.61 Å². The number of rotatable bonds is 6. The first kappa shape index (κ1) is 11.8. The van der Waals surface area contributed by atoms with Crippen LogP contribution in [0.4, 0.5) is 5.13 Å². The summed E-state index contributed by atoms with van der Waals surface area (Å²) in [6.07, 6.45) is 0. The molecule has 2 rings (SSSR count). The van der Waals surface area contributed by atoms with Crippen molar-refractivity contribution in [3.8, 4) is 0 Å². The van der Waals surface area contributed by atoms with Gasteiger partial charge < -0.3 is 15.8 Å². The zero-order chi connectivity index (χ0) is 12.1. The third-order valence-electron chi connectivity index (χ3n) is 2.06. The van der Waals surface area contributed by atoms with Gasteiger partial charge in [-0.2, -0.15) is 0 Å². The topological polar surface area (TPSA) is 77.2 Å². The second kappa shape index (κ2) is 5.60. The van der Waals surface area contributed by atoms with Crippen LogP contribution in [0.2, 0.25) is 0 Å². The third-order valence-corrected chi connectivity index (χ3v) is 3.05. The molecule has 17 heavy (non-hydrogen) atoms. The van der Waals surface area contributed by atoms with E-state index in [2.05, 4.69) is 10.3 Å². The number of ether oxygens (including phenoxy) is 1. The van der Waals surface area contributed by atoms with Gasteiger partial charge in [-0.25, -0.2) is 4.98 Å². The molecule has 0 radical (unpaired) electrons. The Morgan fingerprint density at radius 2 is 2.29 bits per heavy atom. The van der Waals surface area contributed by atoms with Gasteiger partial charge in [-0.05, 0) is 12.1 Å². The van der Waals surface area contributed by atoms with Gasteiger partial charge in [0.25, 0.3) is 0 Å². The quantitative estimate of drug-likeness (QED) is 0.756. The maximum absolute atomic E-state index is 10.4. The van der Waals surface area contributed by atoms with Crippen molar-refractivity contribution in [1.82, 2.24) is 4.98 Å². The van der Waals surface area contributed by atoms with Crippen molar-refractivity contribution < 1.29 is 9.53 Å². The molecule has 1 aromatic carbocycles. The normalized spacial score (nSPS) is 10.6. The van der Waals surface area contributed by atoms with Crippen LogP contribution in [0.25, 0.3) is 10.2 Å². The smallest absolute Gasteiger partial charge is 0.243 e. The molecule has 5 nitrogen and oxygen atoms in total. The van der Waals surface area contributed by atoms with Crippen molar-refractivity contribution in [2.45, 2.75) is 0 Å². The summed E-state index contributed by atoms with van der Waals surface area (Å²) in [4.78, 5) is 14.8. The second-order valence-corrected chi connectivity index (χ2v) is 4.46. The van der Waals surface area contributed by atoms with E-state index in [-0.39, 0.29) is 6.61 Å². The molecule has 1 heterocycles. The van der Waals surface area contributed by atoms with Crippen molar-refractivity contribution in [3.63, 3.8) is 0 Å². The molecule has 0 saturated heterocycles. The number of carbonyl (C=O) groups excluding carboxylic acids is 1. The zero-order valence-electron chi connectivity index (χ0n) is 9.18. The van der Waals surface area contributed by atoms with Crippen LogP contribution in [0.3, 0.4) is 0 Å². The van der Waals surface area contributed by atoms with Gasteiger partial charge >= 0.3 is 0 Å². The Bertz CT molecular complexity index is 479. The number of carbonyl (C=O) groups is 1. The van der Waals surface area contributed by atoms with E-state index in [0.29, 0.717) is 13.2 Å². The fourth-order valence-electron chi connectivity index (χ4n) is 1.35. The van der Waals surface area contributed by atoms with Crippen molar-refractivity contribution in [2.75, 3.05) is 25.1 Å². The highest BCUT2D eigenvalue weighted by Gasteiger charge is 2.01. The average molecular weight is 251 g/mol. The number of nitrogens with zero attached hydrogens (tertiary/aromatic N) is 1. The van der Waals surface area contributed by atoms with Crippen LogP contribution in [-0.4, -0.2) is 30.6 Å². The number of aromatic nitrogens is 1. The Kier molecular flexibility index (Phi) is 3.89. The maximum Gasteiger partial charge on any atom is 0.243 e. The summed E-state index contributed by atoms with van der Waals surface area (Å²) in [5, 5.41) is 3.99. The molecule has 0 atom stereocenters. The number of amides is 1. The zero-order valence-corrected chi connectivity index (χ0v) is 10.00. The lowest BCUT2D eigenvalue weighted by molar-refractivity contribution is -0.122. The van der Waals surface area contributed by atoms with Crippen LogP contribution in [0.5, 0.6) is 0 Å². The van der Waals surface area contributed by atoms with Crippen molar-refractivity contribution in [1.29, 1.82) is 0 Å². The summed E-state index contributed by atoms with van der Waals surface area (Å²) in [7, 11) is 0. The molecule has 0 aliphatic rings. The van der Waals surface area contributed by atoms with Crippen LogP contribution in [0.1, 0.15) is 0 Å². The molecule has 0 aliphatic carbocycles. The van der Waals surface area contributed by atoms with Crippen molar-refractivity contribution in [2.24, 2.45) is 5.73 Å². The summed E-state index contributed by atoms with van der Waals surface area (Å²) >= 11 is 1.59. The standard InChI is InChI=1S/C11H13N3O2S/c12-10(15)7-16-6-5-13-11-14-8-3-1-2-4-9(8)17-11/h1-4H,5-7H2,(H2,12,15)(H,13,14). The van der Waals surface area contributed by atoms with E-state index in [4.69, 9.17) is 10.5 Å². The number of benzene rings is 1. The SMILES string of the molecule is NC(=O)COCCNc1nc2ccccc2s1. The Labute approximate surface area is 103 Å². The van der Waals surface area contributed by atoms with E-state index in [0.717, 1.165) is 15.3 Å². The summed E-state index contributed by atoms with van der Waals surface area (Å²) in [6.45, 7) is 0.994. The number of fused-ring (bicyclic) bond motifs is 1. The number of nitrogens with one attached hydrogen (secondary N) is 1. The number of thiazole rings is 1. The molecule has 2 aromatic rings. The van der Waals surface area contributed by atoms with Gasteiger partial charge in [0, 0.05) is 6.54 Å². The molecule has 6 heteroatoms. The number of anilines is 1. The van der Waals surface area contributed by atoms with Crippen molar-refractivity contribution in [3.05, 3.63) is 24.3 Å². The van der Waals surface area contributed by atoms with Crippen LogP contribution in [0, 0.1) is 0 Å². The highest BCUT2D eigenvalue weighted by atomic mass is 32.1. The van der Waals surface area contributed by atoms with Crippen LogP contribution in [-0.2, 0) is 9.53 Å². The van der Waals surface area contributed by atoms with E-state index in [9.17, 15) is 4.79 Å². The van der Waals surface area contributed by atoms with Gasteiger partial charge in [-0.1, -0.05) is 23.5 Å². The van der Waals surface area contributed by atoms with Crippen LogP contribution >= 0.6 is 11.3 Å². The Morgan fingerprint density at radius 3 is 3.06 bits per heavy atom. The molecule has 0 bridgehead atoms. The summed E-state index contributed by atoms with van der Waals surface area (Å²) in [5.41, 5.74) is 5.93. The summed E-state index contributed by atoms with van der Waals surface area (Å²) in [5.74, 6) is -0.454. The largest absolute Gasteiger partial charge is 0.370 e. The number of nitrogens with two attached hydrogens (primary N) is 1. The Morgan fingerprint density at radius 1 is 1.47 bits per heavy atom. The average Bonchev–Trinajstić information content (AvgIpc) is 2.70. The molecule has 0 aliphatic heterocycles. The lowest BCUT2D eigenvalue weighted by Gasteiger charge is -2.02. The van der Waals surface area contributed by atoms with E-state index in [1.807, 2.05) is 24.3 Å². The summed E-state index contributed by atoms with van der Waals surface area (Å²) in [6, 6.07) is 7.95. The highest BCUT2D eigenvalue weighted by Crippen LogP contribution is 2.24. The van der Waals surface area contributed by atoms with E-state index in [1.54, 1.807) is 11.3 Å². The molecule has 0 saturated carbocycles. The predicted octanol–water partition coefficient (Wildman–Crippen LogP) is 1.21. The van der Waals surface area contributed by atoms with Gasteiger partial charge in [-0.3, -0.25) is 4.79 Å². The predicted molar refractivity (Wildman–Crippen MR) is 68.1 cm³/mol. The fraction of sp³-hybridized carbons (Fsp3) is 0.273. The molecular weight excluding hydrogens is 238 g/mol. The minimum atomic E-state index is -0.454. The first-order valence-electron chi connectivity index (χ1n) is 5.21. The molecule has 1 amide bonds. The maximum atomic E-state index is 10.4. The van der Waals surface area contributed by atoms with E-state index in [1.165, 1.54) is 0 Å².